The van der Waals surface area contributed by atoms with Crippen molar-refractivity contribution in [1.82, 2.24) is 9.88 Å². The van der Waals surface area contributed by atoms with Crippen LogP contribution in [0.3, 0.4) is 0 Å². The fraction of sp³-hybridized carbons (Fsp3) is 0.400. The minimum absolute atomic E-state index is 0.00819. The number of methoxy groups -OCH3 is 1. The molecule has 2 heterocycles. The van der Waals surface area contributed by atoms with Crippen LogP contribution in [0, 0.1) is 5.92 Å². The van der Waals surface area contributed by atoms with Gasteiger partial charge in [0.15, 0.2) is 11.5 Å². The van der Waals surface area contributed by atoms with Crippen molar-refractivity contribution in [2.75, 3.05) is 26.5 Å². The molecule has 0 radical (unpaired) electrons. The fourth-order valence-electron chi connectivity index (χ4n) is 3.40. The van der Waals surface area contributed by atoms with Crippen molar-refractivity contribution in [2.24, 2.45) is 5.92 Å². The van der Waals surface area contributed by atoms with Gasteiger partial charge in [-0.15, -0.1) is 11.8 Å². The minimum atomic E-state index is -0.125. The summed E-state index contributed by atoms with van der Waals surface area (Å²) in [6, 6.07) is 9.43. The molecule has 1 aliphatic rings. The van der Waals surface area contributed by atoms with Crippen LogP contribution in [0.5, 0.6) is 5.75 Å². The second-order valence-electron chi connectivity index (χ2n) is 6.56. The number of carbonyl (C=O) groups excluding carboxylic acids is 1. The van der Waals surface area contributed by atoms with Crippen LogP contribution < -0.4 is 10.2 Å². The van der Waals surface area contributed by atoms with Gasteiger partial charge in [-0.05, 0) is 37.8 Å². The topological polar surface area (TPSA) is 62.4 Å². The number of thioether (sulfide) groups is 1. The molecule has 1 unspecified atom stereocenters. The summed E-state index contributed by atoms with van der Waals surface area (Å²) < 4.78 is 5.00. The predicted octanol–water partition coefficient (Wildman–Crippen LogP) is 3.20. The molecule has 3 rings (SSSR count). The normalized spacial score (nSPS) is 17.8. The Balaban J connectivity index is 1.65. The van der Waals surface area contributed by atoms with Gasteiger partial charge in [0.05, 0.1) is 7.11 Å². The number of aromatic amines is 1. The SMILES string of the molecule is COc1c[nH]c(CN2CCCC(C(=O)c3ccc(SC)cc3)C2)cc1=O. The van der Waals surface area contributed by atoms with Crippen LogP contribution in [0.1, 0.15) is 28.9 Å². The lowest BCUT2D eigenvalue weighted by molar-refractivity contribution is 0.0810. The molecular weight excluding hydrogens is 348 g/mol. The number of rotatable bonds is 6. The molecule has 1 saturated heterocycles. The third kappa shape index (κ3) is 4.37. The van der Waals surface area contributed by atoms with E-state index in [0.717, 1.165) is 42.1 Å². The molecule has 0 saturated carbocycles. The van der Waals surface area contributed by atoms with Crippen LogP contribution in [0.15, 0.2) is 46.2 Å². The summed E-state index contributed by atoms with van der Waals surface area (Å²) in [5.74, 6) is 0.536. The maximum atomic E-state index is 12.8. The third-order valence-corrected chi connectivity index (χ3v) is 5.55. The molecule has 0 aliphatic carbocycles. The molecule has 1 atom stereocenters. The Bertz CT molecular complexity index is 817. The first-order valence-electron chi connectivity index (χ1n) is 8.77. The van der Waals surface area contributed by atoms with Crippen LogP contribution in [0.2, 0.25) is 0 Å². The molecule has 2 aromatic rings. The first kappa shape index (κ1) is 18.7. The number of ether oxygens (including phenoxy) is 1. The van der Waals surface area contributed by atoms with E-state index in [1.807, 2.05) is 30.5 Å². The molecule has 26 heavy (non-hydrogen) atoms. The number of hydrogen-bond acceptors (Lipinski definition) is 5. The van der Waals surface area contributed by atoms with E-state index in [4.69, 9.17) is 4.74 Å². The van der Waals surface area contributed by atoms with E-state index in [-0.39, 0.29) is 17.1 Å². The van der Waals surface area contributed by atoms with Gasteiger partial charge in [-0.3, -0.25) is 14.5 Å². The number of likely N-dealkylation sites (tertiary alicyclic amines) is 1. The van der Waals surface area contributed by atoms with Gasteiger partial charge >= 0.3 is 0 Å². The number of benzene rings is 1. The van der Waals surface area contributed by atoms with E-state index in [0.29, 0.717) is 12.3 Å². The number of pyridine rings is 1. The quantitative estimate of drug-likeness (QED) is 0.623. The highest BCUT2D eigenvalue weighted by Crippen LogP contribution is 2.23. The summed E-state index contributed by atoms with van der Waals surface area (Å²) in [5, 5.41) is 0. The molecule has 0 spiro atoms. The number of ketones is 1. The summed E-state index contributed by atoms with van der Waals surface area (Å²) in [7, 11) is 1.48. The minimum Gasteiger partial charge on any atom is -0.491 e. The average molecular weight is 372 g/mol. The van der Waals surface area contributed by atoms with Crippen LogP contribution in [-0.4, -0.2) is 42.1 Å². The third-order valence-electron chi connectivity index (χ3n) is 4.80. The average Bonchev–Trinajstić information content (AvgIpc) is 2.68. The predicted molar refractivity (Wildman–Crippen MR) is 104 cm³/mol. The number of H-pyrrole nitrogens is 1. The Morgan fingerprint density at radius 3 is 2.77 bits per heavy atom. The van der Waals surface area contributed by atoms with Crippen molar-refractivity contribution in [3.8, 4) is 5.75 Å². The molecule has 0 bridgehead atoms. The molecule has 138 valence electrons. The van der Waals surface area contributed by atoms with Gasteiger partial charge in [0.2, 0.25) is 5.43 Å². The van der Waals surface area contributed by atoms with Gasteiger partial charge in [0.1, 0.15) is 0 Å². The zero-order valence-corrected chi connectivity index (χ0v) is 16.0. The van der Waals surface area contributed by atoms with Gasteiger partial charge in [-0.2, -0.15) is 0 Å². The molecule has 0 amide bonds. The summed E-state index contributed by atoms with van der Waals surface area (Å²) in [6.45, 7) is 2.29. The summed E-state index contributed by atoms with van der Waals surface area (Å²) >= 11 is 1.67. The van der Waals surface area contributed by atoms with E-state index in [2.05, 4.69) is 9.88 Å². The highest BCUT2D eigenvalue weighted by atomic mass is 32.2. The lowest BCUT2D eigenvalue weighted by Gasteiger charge is -2.31. The van der Waals surface area contributed by atoms with Crippen molar-refractivity contribution < 1.29 is 9.53 Å². The molecular formula is C20H24N2O3S. The summed E-state index contributed by atoms with van der Waals surface area (Å²) in [6.07, 6.45) is 5.52. The maximum Gasteiger partial charge on any atom is 0.223 e. The van der Waals surface area contributed by atoms with Crippen LogP contribution in [0.4, 0.5) is 0 Å². The Morgan fingerprint density at radius 2 is 2.12 bits per heavy atom. The van der Waals surface area contributed by atoms with Gasteiger partial charge < -0.3 is 9.72 Å². The van der Waals surface area contributed by atoms with Crippen molar-refractivity contribution in [3.63, 3.8) is 0 Å². The van der Waals surface area contributed by atoms with E-state index in [1.54, 1.807) is 24.0 Å². The standard InChI is InChI=1S/C20H24N2O3S/c1-25-19-11-21-16(10-18(19)23)13-22-9-3-4-15(12-22)20(24)14-5-7-17(26-2)8-6-14/h5-8,10-11,15H,3-4,9,12-13H2,1-2H3,(H,21,23). The van der Waals surface area contributed by atoms with E-state index in [9.17, 15) is 9.59 Å². The van der Waals surface area contributed by atoms with E-state index < -0.39 is 0 Å². The molecule has 5 nitrogen and oxygen atoms in total. The molecule has 1 aliphatic heterocycles. The number of nitrogens with zero attached hydrogens (tertiary/aromatic N) is 1. The number of Topliss-reactive ketones (excluding diaryl/α,β-unsaturated/α-hetero) is 1. The van der Waals surface area contributed by atoms with Crippen LogP contribution >= 0.6 is 11.8 Å². The lowest BCUT2D eigenvalue weighted by Crippen LogP contribution is -2.38. The largest absolute Gasteiger partial charge is 0.491 e. The first-order valence-corrected chi connectivity index (χ1v) is 9.99. The van der Waals surface area contributed by atoms with Crippen LogP contribution in [-0.2, 0) is 6.54 Å². The van der Waals surface area contributed by atoms with Gasteiger partial charge in [0.25, 0.3) is 0 Å². The van der Waals surface area contributed by atoms with Gasteiger partial charge in [-0.1, -0.05) is 12.1 Å². The maximum absolute atomic E-state index is 12.8. The highest BCUT2D eigenvalue weighted by Gasteiger charge is 2.26. The van der Waals surface area contributed by atoms with Gasteiger partial charge in [0, 0.05) is 47.4 Å². The Labute approximate surface area is 157 Å². The summed E-state index contributed by atoms with van der Waals surface area (Å²) in [5.41, 5.74) is 1.50. The van der Waals surface area contributed by atoms with Crippen LogP contribution in [0.25, 0.3) is 0 Å². The second-order valence-corrected chi connectivity index (χ2v) is 7.44. The second kappa shape index (κ2) is 8.56. The number of nitrogens with one attached hydrogen (secondary N) is 1. The van der Waals surface area contributed by atoms with Crippen molar-refractivity contribution in [3.05, 3.63) is 58.0 Å². The number of aromatic nitrogens is 1. The fourth-order valence-corrected chi connectivity index (χ4v) is 3.80. The van der Waals surface area contributed by atoms with Crippen molar-refractivity contribution in [1.29, 1.82) is 0 Å². The zero-order valence-electron chi connectivity index (χ0n) is 15.2. The number of hydrogen-bond donors (Lipinski definition) is 1. The number of piperidine rings is 1. The highest BCUT2D eigenvalue weighted by molar-refractivity contribution is 7.98. The van der Waals surface area contributed by atoms with Crippen molar-refractivity contribution >= 4 is 17.5 Å². The Morgan fingerprint density at radius 1 is 1.35 bits per heavy atom. The molecule has 1 aromatic carbocycles. The zero-order chi connectivity index (χ0) is 18.5. The van der Waals surface area contributed by atoms with E-state index in [1.165, 1.54) is 7.11 Å². The smallest absolute Gasteiger partial charge is 0.223 e. The molecule has 1 N–H and O–H groups in total. The molecule has 1 fully saturated rings. The lowest BCUT2D eigenvalue weighted by atomic mass is 9.90. The number of carbonyl (C=O) groups is 1. The van der Waals surface area contributed by atoms with Gasteiger partial charge in [-0.25, -0.2) is 0 Å². The monoisotopic (exact) mass is 372 g/mol. The van der Waals surface area contributed by atoms with Crippen molar-refractivity contribution in [2.45, 2.75) is 24.3 Å². The Hall–Kier alpha value is -2.05. The molecule has 1 aromatic heterocycles. The molecule has 6 heteroatoms. The van der Waals surface area contributed by atoms with E-state index >= 15 is 0 Å². The first-order chi connectivity index (χ1) is 12.6. The summed E-state index contributed by atoms with van der Waals surface area (Å²) in [4.78, 5) is 31.2. The Kier molecular flexibility index (Phi) is 6.16.